The van der Waals surface area contributed by atoms with Gasteiger partial charge in [-0.15, -0.1) is 12.4 Å². The van der Waals surface area contributed by atoms with Crippen LogP contribution in [0.3, 0.4) is 0 Å². The van der Waals surface area contributed by atoms with Gasteiger partial charge in [0.25, 0.3) is 5.91 Å². The molecule has 94 valence electrons. The zero-order valence-electron chi connectivity index (χ0n) is 9.35. The fourth-order valence-electron chi connectivity index (χ4n) is 2.03. The summed E-state index contributed by atoms with van der Waals surface area (Å²) < 4.78 is 0. The van der Waals surface area contributed by atoms with Gasteiger partial charge >= 0.3 is 0 Å². The van der Waals surface area contributed by atoms with Gasteiger partial charge in [-0.05, 0) is 31.8 Å². The lowest BCUT2D eigenvalue weighted by Crippen LogP contribution is -2.28. The van der Waals surface area contributed by atoms with Crippen LogP contribution in [0.15, 0.2) is 6.20 Å². The first kappa shape index (κ1) is 13.7. The van der Waals surface area contributed by atoms with Crippen LogP contribution in [0.5, 0.6) is 0 Å². The van der Waals surface area contributed by atoms with Crippen LogP contribution >= 0.6 is 12.4 Å². The Morgan fingerprint density at radius 2 is 2.06 bits per heavy atom. The zero-order valence-corrected chi connectivity index (χ0v) is 10.2. The van der Waals surface area contributed by atoms with Gasteiger partial charge in [-0.3, -0.25) is 4.79 Å². The number of anilines is 1. The SMILES string of the molecule is Cl.NC(=O)c1nc(N)ncc1C1CCNCC1. The lowest BCUT2D eigenvalue weighted by molar-refractivity contribution is 0.0993. The number of nitrogens with zero attached hydrogens (tertiary/aromatic N) is 2. The summed E-state index contributed by atoms with van der Waals surface area (Å²) in [7, 11) is 0. The van der Waals surface area contributed by atoms with Crippen molar-refractivity contribution in [3.8, 4) is 0 Å². The predicted octanol–water partition coefficient (Wildman–Crippen LogP) is 0.0465. The molecule has 0 radical (unpaired) electrons. The largest absolute Gasteiger partial charge is 0.368 e. The maximum absolute atomic E-state index is 11.3. The van der Waals surface area contributed by atoms with Gasteiger partial charge in [0.1, 0.15) is 5.69 Å². The molecule has 6 nitrogen and oxygen atoms in total. The second-order valence-corrected chi connectivity index (χ2v) is 3.92. The lowest BCUT2D eigenvalue weighted by Gasteiger charge is -2.23. The maximum Gasteiger partial charge on any atom is 0.267 e. The molecule has 0 saturated carbocycles. The molecule has 1 aromatic rings. The topological polar surface area (TPSA) is 107 Å². The number of carbonyl (C=O) groups excluding carboxylic acids is 1. The predicted molar refractivity (Wildman–Crippen MR) is 67.1 cm³/mol. The fraction of sp³-hybridized carbons (Fsp3) is 0.500. The molecule has 17 heavy (non-hydrogen) atoms. The van der Waals surface area contributed by atoms with Crippen molar-refractivity contribution in [2.75, 3.05) is 18.8 Å². The van der Waals surface area contributed by atoms with Crippen molar-refractivity contribution >= 4 is 24.3 Å². The normalized spacial score (nSPS) is 16.2. The maximum atomic E-state index is 11.3. The van der Waals surface area contributed by atoms with Crippen LogP contribution in [0.4, 0.5) is 5.95 Å². The Balaban J connectivity index is 0.00000144. The summed E-state index contributed by atoms with van der Waals surface area (Å²) in [6.45, 7) is 1.88. The van der Waals surface area contributed by atoms with E-state index in [1.54, 1.807) is 6.20 Å². The van der Waals surface area contributed by atoms with E-state index in [-0.39, 0.29) is 24.0 Å². The molecule has 1 aromatic heterocycles. The first-order chi connectivity index (χ1) is 7.68. The monoisotopic (exact) mass is 257 g/mol. The fourth-order valence-corrected chi connectivity index (χ4v) is 2.03. The molecule has 5 N–H and O–H groups in total. The van der Waals surface area contributed by atoms with Gasteiger partial charge in [-0.2, -0.15) is 0 Å². The highest BCUT2D eigenvalue weighted by molar-refractivity contribution is 5.92. The minimum atomic E-state index is -0.539. The smallest absolute Gasteiger partial charge is 0.267 e. The van der Waals surface area contributed by atoms with Crippen molar-refractivity contribution in [3.05, 3.63) is 17.5 Å². The second-order valence-electron chi connectivity index (χ2n) is 3.92. The van der Waals surface area contributed by atoms with Gasteiger partial charge in [0.05, 0.1) is 0 Å². The highest BCUT2D eigenvalue weighted by Gasteiger charge is 2.22. The third-order valence-electron chi connectivity index (χ3n) is 2.85. The number of hydrogen-bond donors (Lipinski definition) is 3. The molecule has 1 aliphatic heterocycles. The molecule has 0 aromatic carbocycles. The van der Waals surface area contributed by atoms with E-state index in [1.165, 1.54) is 0 Å². The third kappa shape index (κ3) is 3.04. The molecule has 1 saturated heterocycles. The Morgan fingerprint density at radius 1 is 1.41 bits per heavy atom. The van der Waals surface area contributed by atoms with Gasteiger partial charge in [-0.1, -0.05) is 0 Å². The van der Waals surface area contributed by atoms with Crippen molar-refractivity contribution < 1.29 is 4.79 Å². The number of aromatic nitrogens is 2. The van der Waals surface area contributed by atoms with Gasteiger partial charge in [0.15, 0.2) is 0 Å². The van der Waals surface area contributed by atoms with Crippen LogP contribution < -0.4 is 16.8 Å². The van der Waals surface area contributed by atoms with Crippen molar-refractivity contribution in [2.24, 2.45) is 5.73 Å². The Bertz CT molecular complexity index is 406. The van der Waals surface area contributed by atoms with Crippen LogP contribution in [0, 0.1) is 0 Å². The number of nitrogen functional groups attached to an aromatic ring is 1. The van der Waals surface area contributed by atoms with E-state index >= 15 is 0 Å². The summed E-state index contributed by atoms with van der Waals surface area (Å²) in [6, 6.07) is 0. The molecular weight excluding hydrogens is 242 g/mol. The van der Waals surface area contributed by atoms with Crippen LogP contribution in [0.2, 0.25) is 0 Å². The quantitative estimate of drug-likeness (QED) is 0.694. The first-order valence-electron chi connectivity index (χ1n) is 5.31. The molecule has 1 fully saturated rings. The Hall–Kier alpha value is -1.40. The number of carbonyl (C=O) groups is 1. The summed E-state index contributed by atoms with van der Waals surface area (Å²) in [5.74, 6) is -0.154. The number of primary amides is 1. The van der Waals surface area contributed by atoms with Gasteiger partial charge in [0, 0.05) is 11.8 Å². The van der Waals surface area contributed by atoms with E-state index < -0.39 is 5.91 Å². The summed E-state index contributed by atoms with van der Waals surface area (Å²) in [5, 5.41) is 3.26. The van der Waals surface area contributed by atoms with Crippen molar-refractivity contribution in [1.29, 1.82) is 0 Å². The molecule has 0 atom stereocenters. The number of nitrogens with two attached hydrogens (primary N) is 2. The molecule has 7 heteroatoms. The number of halogens is 1. The van der Waals surface area contributed by atoms with E-state index in [0.717, 1.165) is 31.5 Å². The standard InChI is InChI=1S/C10H15N5O.ClH/c11-9(16)8-7(5-14-10(12)15-8)6-1-3-13-4-2-6;/h5-6,13H,1-4H2,(H2,11,16)(H2,12,14,15);1H. The van der Waals surface area contributed by atoms with Crippen molar-refractivity contribution in [2.45, 2.75) is 18.8 Å². The average Bonchev–Trinajstić information content (AvgIpc) is 2.30. The number of hydrogen-bond acceptors (Lipinski definition) is 5. The Labute approximate surface area is 106 Å². The number of piperidine rings is 1. The zero-order chi connectivity index (χ0) is 11.5. The molecule has 1 amide bonds. The van der Waals surface area contributed by atoms with Crippen molar-refractivity contribution in [3.63, 3.8) is 0 Å². The second kappa shape index (κ2) is 5.79. The van der Waals surface area contributed by atoms with E-state index in [9.17, 15) is 4.79 Å². The minimum absolute atomic E-state index is 0. The minimum Gasteiger partial charge on any atom is -0.368 e. The van der Waals surface area contributed by atoms with Crippen LogP contribution in [-0.4, -0.2) is 29.0 Å². The molecular formula is C10H16ClN5O. The summed E-state index contributed by atoms with van der Waals surface area (Å²) in [5.41, 5.74) is 11.8. The van der Waals surface area contributed by atoms with E-state index in [4.69, 9.17) is 11.5 Å². The number of rotatable bonds is 2. The van der Waals surface area contributed by atoms with Crippen LogP contribution in [-0.2, 0) is 0 Å². The molecule has 0 aliphatic carbocycles. The first-order valence-corrected chi connectivity index (χ1v) is 5.31. The Kier molecular flexibility index (Phi) is 4.65. The molecule has 0 spiro atoms. The number of nitrogens with one attached hydrogen (secondary N) is 1. The Morgan fingerprint density at radius 3 is 2.65 bits per heavy atom. The molecule has 2 heterocycles. The van der Waals surface area contributed by atoms with E-state index in [0.29, 0.717) is 5.92 Å². The molecule has 0 bridgehead atoms. The van der Waals surface area contributed by atoms with Crippen LogP contribution in [0.25, 0.3) is 0 Å². The molecule has 2 rings (SSSR count). The average molecular weight is 258 g/mol. The van der Waals surface area contributed by atoms with Gasteiger partial charge in [0.2, 0.25) is 5.95 Å². The van der Waals surface area contributed by atoms with Crippen LogP contribution in [0.1, 0.15) is 34.8 Å². The lowest BCUT2D eigenvalue weighted by atomic mass is 9.90. The van der Waals surface area contributed by atoms with Gasteiger partial charge < -0.3 is 16.8 Å². The van der Waals surface area contributed by atoms with Gasteiger partial charge in [-0.25, -0.2) is 9.97 Å². The highest BCUT2D eigenvalue weighted by Crippen LogP contribution is 2.26. The van der Waals surface area contributed by atoms with E-state index in [1.807, 2.05) is 0 Å². The van der Waals surface area contributed by atoms with E-state index in [2.05, 4.69) is 15.3 Å². The molecule has 1 aliphatic rings. The summed E-state index contributed by atoms with van der Waals surface area (Å²) >= 11 is 0. The summed E-state index contributed by atoms with van der Waals surface area (Å²) in [6.07, 6.45) is 3.56. The summed E-state index contributed by atoms with van der Waals surface area (Å²) in [4.78, 5) is 19.1. The number of amides is 1. The molecule has 0 unspecified atom stereocenters. The van der Waals surface area contributed by atoms with Crippen molar-refractivity contribution in [1.82, 2.24) is 15.3 Å². The third-order valence-corrected chi connectivity index (χ3v) is 2.85. The highest BCUT2D eigenvalue weighted by atomic mass is 35.5.